The molecule has 1 aromatic rings. The van der Waals surface area contributed by atoms with E-state index in [1.807, 2.05) is 37.3 Å². The number of likely N-dealkylation sites (N-methyl/N-ethyl adjacent to an activating group) is 1. The molecule has 164 valence electrons. The van der Waals surface area contributed by atoms with E-state index in [4.69, 9.17) is 0 Å². The number of rotatable bonds is 4. The fourth-order valence-electron chi connectivity index (χ4n) is 4.01. The molecule has 0 fully saturated rings. The summed E-state index contributed by atoms with van der Waals surface area (Å²) in [4.78, 5) is 29.3. The topological polar surface area (TPSA) is 73.8 Å². The van der Waals surface area contributed by atoms with Gasteiger partial charge in [0.15, 0.2) is 5.94 Å². The van der Waals surface area contributed by atoms with Crippen molar-refractivity contribution in [1.29, 1.82) is 0 Å². The zero-order valence-electron chi connectivity index (χ0n) is 18.1. The molecule has 2 N–H and O–H groups in total. The molecule has 3 aliphatic heterocycles. The maximum atomic E-state index is 14.8. The molecule has 7 heteroatoms. The van der Waals surface area contributed by atoms with Crippen molar-refractivity contribution >= 4 is 29.8 Å². The van der Waals surface area contributed by atoms with Crippen molar-refractivity contribution < 1.29 is 14.0 Å². The van der Waals surface area contributed by atoms with E-state index in [0.29, 0.717) is 29.9 Å². The van der Waals surface area contributed by atoms with Gasteiger partial charge in [-0.1, -0.05) is 19.1 Å². The van der Waals surface area contributed by atoms with Crippen molar-refractivity contribution in [3.8, 4) is 0 Å². The van der Waals surface area contributed by atoms with Gasteiger partial charge in [0.05, 0.1) is 0 Å². The van der Waals surface area contributed by atoms with E-state index in [9.17, 15) is 14.0 Å². The number of anilines is 1. The Bertz CT molecular complexity index is 1140. The first-order valence-corrected chi connectivity index (χ1v) is 10.7. The van der Waals surface area contributed by atoms with Crippen LogP contribution >= 0.6 is 0 Å². The van der Waals surface area contributed by atoms with Gasteiger partial charge in [-0.05, 0) is 65.6 Å². The van der Waals surface area contributed by atoms with Crippen LogP contribution in [0, 0.1) is 5.82 Å². The fraction of sp³-hybridized carbons (Fsp3) is 0.280. The molecule has 1 unspecified atom stereocenters. The van der Waals surface area contributed by atoms with Crippen LogP contribution in [0.1, 0.15) is 30.9 Å². The molecule has 0 bridgehead atoms. The smallest absolute Gasteiger partial charge is 0.248 e. The molecule has 1 aromatic carbocycles. The van der Waals surface area contributed by atoms with E-state index in [2.05, 4.69) is 20.5 Å². The van der Waals surface area contributed by atoms with Crippen LogP contribution in [0.25, 0.3) is 6.08 Å². The van der Waals surface area contributed by atoms with Gasteiger partial charge >= 0.3 is 0 Å². The molecular formula is C25H25FN4O2. The minimum absolute atomic E-state index is 0.129. The van der Waals surface area contributed by atoms with Crippen molar-refractivity contribution in [3.05, 3.63) is 75.9 Å². The zero-order valence-corrected chi connectivity index (χ0v) is 18.1. The number of carbonyl (C=O) groups is 1. The highest BCUT2D eigenvalue weighted by Crippen LogP contribution is 2.33. The third-order valence-electron chi connectivity index (χ3n) is 5.83. The van der Waals surface area contributed by atoms with Gasteiger partial charge in [0.1, 0.15) is 17.6 Å². The van der Waals surface area contributed by atoms with Crippen LogP contribution in [0.15, 0.2) is 64.0 Å². The predicted octanol–water partition coefficient (Wildman–Crippen LogP) is 3.53. The molecule has 0 aliphatic carbocycles. The van der Waals surface area contributed by atoms with Crippen molar-refractivity contribution in [2.45, 2.75) is 32.4 Å². The highest BCUT2D eigenvalue weighted by molar-refractivity contribution is 5.92. The van der Waals surface area contributed by atoms with E-state index in [1.54, 1.807) is 31.5 Å². The van der Waals surface area contributed by atoms with Gasteiger partial charge in [-0.25, -0.2) is 9.18 Å². The quantitative estimate of drug-likeness (QED) is 0.714. The van der Waals surface area contributed by atoms with Crippen LogP contribution in [0.5, 0.6) is 0 Å². The first kappa shape index (κ1) is 21.5. The lowest BCUT2D eigenvalue weighted by Crippen LogP contribution is -2.30. The van der Waals surface area contributed by atoms with Gasteiger partial charge in [0.2, 0.25) is 5.91 Å². The molecule has 3 aliphatic rings. The Morgan fingerprint density at radius 1 is 1.38 bits per heavy atom. The fourth-order valence-corrected chi connectivity index (χ4v) is 4.01. The Labute approximate surface area is 186 Å². The molecule has 0 saturated heterocycles. The van der Waals surface area contributed by atoms with E-state index < -0.39 is 6.04 Å². The van der Waals surface area contributed by atoms with Crippen molar-refractivity contribution in [3.63, 3.8) is 0 Å². The lowest BCUT2D eigenvalue weighted by molar-refractivity contribution is -0.120. The third kappa shape index (κ3) is 4.34. The van der Waals surface area contributed by atoms with Gasteiger partial charge < -0.3 is 15.5 Å². The van der Waals surface area contributed by atoms with Crippen LogP contribution in [0.4, 0.5) is 10.1 Å². The summed E-state index contributed by atoms with van der Waals surface area (Å²) in [6, 6.07) is 2.96. The normalized spacial score (nSPS) is 21.6. The highest BCUT2D eigenvalue weighted by Gasteiger charge is 2.20. The summed E-state index contributed by atoms with van der Waals surface area (Å²) in [6.45, 7) is 3.25. The SMILES string of the molecule is CCC1=Cc2c(F)cc(CN3C=CC(=C4C=CC(C(=O)NC)N=C4)CC3)cc2NC1=C=O. The molecule has 0 spiro atoms. The summed E-state index contributed by atoms with van der Waals surface area (Å²) >= 11 is 0. The maximum Gasteiger partial charge on any atom is 0.248 e. The summed E-state index contributed by atoms with van der Waals surface area (Å²) in [5.74, 6) is 1.48. The van der Waals surface area contributed by atoms with Crippen molar-refractivity contribution in [2.75, 3.05) is 18.9 Å². The molecule has 6 nitrogen and oxygen atoms in total. The minimum Gasteiger partial charge on any atom is -0.373 e. The number of amides is 1. The Balaban J connectivity index is 1.48. The van der Waals surface area contributed by atoms with Gasteiger partial charge in [0, 0.05) is 37.6 Å². The lowest BCUT2D eigenvalue weighted by Gasteiger charge is -2.27. The monoisotopic (exact) mass is 432 g/mol. The van der Waals surface area contributed by atoms with Gasteiger partial charge in [0.25, 0.3) is 0 Å². The molecule has 0 radical (unpaired) electrons. The second-order valence-electron chi connectivity index (χ2n) is 7.88. The van der Waals surface area contributed by atoms with Gasteiger partial charge in [-0.15, -0.1) is 0 Å². The van der Waals surface area contributed by atoms with Crippen molar-refractivity contribution in [2.24, 2.45) is 4.99 Å². The standard InChI is InChI=1S/C25H25FN4O2/c1-3-17-12-20-21(26)10-16(11-23(20)29-24(17)15-31)14-30-8-6-18(7-9-30)19-4-5-22(28-13-19)25(32)27-2/h4-6,8,10-13,22,29H,3,7,9,14H2,1-2H3,(H,27,32). The van der Waals surface area contributed by atoms with Gasteiger partial charge in [-0.3, -0.25) is 9.79 Å². The molecule has 0 saturated carbocycles. The first-order chi connectivity index (χ1) is 15.5. The van der Waals surface area contributed by atoms with E-state index in [1.165, 1.54) is 0 Å². The molecule has 4 rings (SSSR count). The summed E-state index contributed by atoms with van der Waals surface area (Å²) in [6.07, 6.45) is 12.7. The molecule has 3 heterocycles. The average molecular weight is 432 g/mol. The number of halogens is 1. The number of hydrogen-bond acceptors (Lipinski definition) is 5. The number of fused-ring (bicyclic) bond motifs is 1. The molecular weight excluding hydrogens is 407 g/mol. The highest BCUT2D eigenvalue weighted by atomic mass is 19.1. The van der Waals surface area contributed by atoms with Crippen LogP contribution in [0.3, 0.4) is 0 Å². The number of hydrogen-bond donors (Lipinski definition) is 2. The average Bonchev–Trinajstić information content (AvgIpc) is 2.83. The summed E-state index contributed by atoms with van der Waals surface area (Å²) in [7, 11) is 1.60. The maximum absolute atomic E-state index is 14.8. The van der Waals surface area contributed by atoms with Crippen LogP contribution in [-0.2, 0) is 16.1 Å². The molecule has 1 amide bonds. The Kier molecular flexibility index (Phi) is 6.19. The Morgan fingerprint density at radius 3 is 2.84 bits per heavy atom. The number of benzene rings is 1. The van der Waals surface area contributed by atoms with Crippen molar-refractivity contribution in [1.82, 2.24) is 10.2 Å². The van der Waals surface area contributed by atoms with E-state index >= 15 is 0 Å². The zero-order chi connectivity index (χ0) is 22.7. The second kappa shape index (κ2) is 9.20. The number of nitrogens with zero attached hydrogens (tertiary/aromatic N) is 2. The number of aliphatic imine (C=N–C) groups is 1. The van der Waals surface area contributed by atoms with Crippen LogP contribution in [0.2, 0.25) is 0 Å². The summed E-state index contributed by atoms with van der Waals surface area (Å²) in [5, 5.41) is 5.62. The number of carbonyl (C=O) groups excluding carboxylic acids is 2. The Morgan fingerprint density at radius 2 is 2.22 bits per heavy atom. The van der Waals surface area contributed by atoms with E-state index in [-0.39, 0.29) is 11.7 Å². The molecule has 32 heavy (non-hydrogen) atoms. The molecule has 0 aromatic heterocycles. The minimum atomic E-state index is -0.473. The number of allylic oxidation sites excluding steroid dienone is 4. The number of nitrogens with one attached hydrogen (secondary N) is 2. The van der Waals surface area contributed by atoms with Gasteiger partial charge in [-0.2, -0.15) is 0 Å². The van der Waals surface area contributed by atoms with E-state index in [0.717, 1.165) is 35.2 Å². The summed E-state index contributed by atoms with van der Waals surface area (Å²) < 4.78 is 14.8. The largest absolute Gasteiger partial charge is 0.373 e. The Hall–Kier alpha value is -3.70. The second-order valence-corrected chi connectivity index (χ2v) is 7.88. The third-order valence-corrected chi connectivity index (χ3v) is 5.83. The van der Waals surface area contributed by atoms with Crippen LogP contribution < -0.4 is 10.6 Å². The summed E-state index contributed by atoms with van der Waals surface area (Å²) in [5.41, 5.74) is 5.15. The number of dihydropyridines is 1. The first-order valence-electron chi connectivity index (χ1n) is 10.7. The molecule has 1 atom stereocenters. The van der Waals surface area contributed by atoms with Crippen LogP contribution in [-0.4, -0.2) is 42.6 Å². The lowest BCUT2D eigenvalue weighted by atomic mass is 9.97. The predicted molar refractivity (Wildman–Crippen MR) is 124 cm³/mol.